The first-order chi connectivity index (χ1) is 13.1. The van der Waals surface area contributed by atoms with Crippen molar-refractivity contribution < 1.29 is 9.59 Å². The Morgan fingerprint density at radius 2 is 1.52 bits per heavy atom. The summed E-state index contributed by atoms with van der Waals surface area (Å²) in [5, 5.41) is 3.49. The second-order valence-corrected chi connectivity index (χ2v) is 7.84. The van der Waals surface area contributed by atoms with Crippen molar-refractivity contribution in [2.45, 2.75) is 25.7 Å². The summed E-state index contributed by atoms with van der Waals surface area (Å²) in [7, 11) is 0. The Bertz CT molecular complexity index is 639. The molecule has 27 heavy (non-hydrogen) atoms. The molecular formula is C20H29ClN4O2. The van der Waals surface area contributed by atoms with Crippen molar-refractivity contribution in [3.8, 4) is 0 Å². The second kappa shape index (κ2) is 10.1. The van der Waals surface area contributed by atoms with Crippen LogP contribution in [-0.2, 0) is 9.59 Å². The molecule has 1 aromatic carbocycles. The summed E-state index contributed by atoms with van der Waals surface area (Å²) in [6.07, 6.45) is 4.72. The van der Waals surface area contributed by atoms with Gasteiger partial charge in [0.05, 0.1) is 13.1 Å². The molecule has 0 bridgehead atoms. The van der Waals surface area contributed by atoms with Crippen LogP contribution in [0.1, 0.15) is 25.7 Å². The molecule has 0 atom stereocenters. The number of piperazine rings is 1. The van der Waals surface area contributed by atoms with E-state index in [1.54, 1.807) is 12.1 Å². The highest BCUT2D eigenvalue weighted by atomic mass is 35.5. The molecule has 1 N–H and O–H groups in total. The van der Waals surface area contributed by atoms with Crippen molar-refractivity contribution in [3.63, 3.8) is 0 Å². The number of halogens is 1. The number of rotatable bonds is 5. The van der Waals surface area contributed by atoms with Crippen molar-refractivity contribution in [2.24, 2.45) is 0 Å². The largest absolute Gasteiger partial charge is 0.342 e. The van der Waals surface area contributed by atoms with Gasteiger partial charge in [-0.05, 0) is 31.0 Å². The van der Waals surface area contributed by atoms with Crippen LogP contribution in [0.2, 0.25) is 5.02 Å². The monoisotopic (exact) mass is 392 g/mol. The fraction of sp³-hybridized carbons (Fsp3) is 0.600. The highest BCUT2D eigenvalue weighted by Crippen LogP contribution is 2.15. The summed E-state index contributed by atoms with van der Waals surface area (Å²) in [6.45, 7) is 5.93. The van der Waals surface area contributed by atoms with Crippen LogP contribution < -0.4 is 5.32 Å². The van der Waals surface area contributed by atoms with Crippen LogP contribution in [-0.4, -0.2) is 78.9 Å². The van der Waals surface area contributed by atoms with Crippen molar-refractivity contribution in [3.05, 3.63) is 29.3 Å². The van der Waals surface area contributed by atoms with Gasteiger partial charge >= 0.3 is 0 Å². The van der Waals surface area contributed by atoms with Gasteiger partial charge in [-0.15, -0.1) is 0 Å². The lowest BCUT2D eigenvalue weighted by atomic mass is 10.2. The number of benzene rings is 1. The summed E-state index contributed by atoms with van der Waals surface area (Å²) in [6, 6.07) is 7.17. The summed E-state index contributed by atoms with van der Waals surface area (Å²) in [5.74, 6) is 0.218. The molecule has 0 unspecified atom stereocenters. The van der Waals surface area contributed by atoms with Gasteiger partial charge < -0.3 is 10.2 Å². The van der Waals surface area contributed by atoms with Crippen LogP contribution in [0.15, 0.2) is 24.3 Å². The van der Waals surface area contributed by atoms with E-state index in [0.717, 1.165) is 52.1 Å². The molecule has 6 nitrogen and oxygen atoms in total. The van der Waals surface area contributed by atoms with Gasteiger partial charge in [0.25, 0.3) is 0 Å². The van der Waals surface area contributed by atoms with E-state index < -0.39 is 0 Å². The molecule has 2 aliphatic rings. The average Bonchev–Trinajstić information content (AvgIpc) is 2.93. The molecule has 0 aliphatic carbocycles. The predicted molar refractivity (Wildman–Crippen MR) is 108 cm³/mol. The van der Waals surface area contributed by atoms with Crippen LogP contribution in [0, 0.1) is 0 Å². The van der Waals surface area contributed by atoms with Gasteiger partial charge in [-0.1, -0.05) is 30.5 Å². The molecule has 2 fully saturated rings. The molecule has 3 rings (SSSR count). The number of nitrogens with one attached hydrogen (secondary N) is 1. The molecule has 148 valence electrons. The lowest BCUT2D eigenvalue weighted by Crippen LogP contribution is -2.51. The lowest BCUT2D eigenvalue weighted by Gasteiger charge is -2.35. The van der Waals surface area contributed by atoms with Crippen molar-refractivity contribution in [1.82, 2.24) is 14.7 Å². The molecule has 2 amide bonds. The van der Waals surface area contributed by atoms with Crippen LogP contribution in [0.3, 0.4) is 0 Å². The Balaban J connectivity index is 1.38. The van der Waals surface area contributed by atoms with Crippen molar-refractivity contribution in [1.29, 1.82) is 0 Å². The minimum absolute atomic E-state index is 0.0358. The van der Waals surface area contributed by atoms with Crippen LogP contribution in [0.4, 0.5) is 5.69 Å². The molecule has 2 saturated heterocycles. The van der Waals surface area contributed by atoms with Gasteiger partial charge in [-0.3, -0.25) is 19.4 Å². The first kappa shape index (κ1) is 20.1. The maximum atomic E-state index is 12.5. The van der Waals surface area contributed by atoms with E-state index in [4.69, 9.17) is 11.6 Å². The number of likely N-dealkylation sites (tertiary alicyclic amines) is 1. The van der Waals surface area contributed by atoms with E-state index in [1.807, 2.05) is 17.0 Å². The summed E-state index contributed by atoms with van der Waals surface area (Å²) >= 11 is 5.94. The third kappa shape index (κ3) is 6.48. The van der Waals surface area contributed by atoms with Gasteiger partial charge in [0, 0.05) is 50.0 Å². The molecule has 0 saturated carbocycles. The van der Waals surface area contributed by atoms with Crippen molar-refractivity contribution >= 4 is 29.1 Å². The number of anilines is 1. The zero-order valence-electron chi connectivity index (χ0n) is 15.8. The first-order valence-electron chi connectivity index (χ1n) is 9.88. The Hall–Kier alpha value is -1.63. The van der Waals surface area contributed by atoms with Crippen molar-refractivity contribution in [2.75, 3.05) is 57.7 Å². The fourth-order valence-corrected chi connectivity index (χ4v) is 3.88. The quantitative estimate of drug-likeness (QED) is 0.835. The summed E-state index contributed by atoms with van der Waals surface area (Å²) in [4.78, 5) is 31.1. The molecule has 1 aromatic rings. The lowest BCUT2D eigenvalue weighted by molar-refractivity contribution is -0.133. The molecule has 0 spiro atoms. The highest BCUT2D eigenvalue weighted by molar-refractivity contribution is 6.30. The zero-order valence-corrected chi connectivity index (χ0v) is 16.6. The Morgan fingerprint density at radius 1 is 0.889 bits per heavy atom. The molecule has 2 aliphatic heterocycles. The maximum absolute atomic E-state index is 12.5. The third-order valence-electron chi connectivity index (χ3n) is 5.26. The fourth-order valence-electron chi connectivity index (χ4n) is 3.69. The van der Waals surface area contributed by atoms with Gasteiger partial charge in [-0.25, -0.2) is 0 Å². The Morgan fingerprint density at radius 3 is 2.15 bits per heavy atom. The standard InChI is InChI=1S/C20H29ClN4O2/c21-17-6-5-7-18(14-17)22-19(26)15-23-10-12-24(13-11-23)16-20(27)25-8-3-1-2-4-9-25/h5-7,14H,1-4,8-13,15-16H2,(H,22,26). The SMILES string of the molecule is O=C(CN1CCN(CC(=O)N2CCCCCC2)CC1)Nc1cccc(Cl)c1. The number of carbonyl (C=O) groups is 2. The van der Waals surface area contributed by atoms with E-state index in [-0.39, 0.29) is 11.8 Å². The Kier molecular flexibility index (Phi) is 7.50. The maximum Gasteiger partial charge on any atom is 0.238 e. The molecule has 7 heteroatoms. The second-order valence-electron chi connectivity index (χ2n) is 7.41. The number of carbonyl (C=O) groups excluding carboxylic acids is 2. The average molecular weight is 393 g/mol. The van der Waals surface area contributed by atoms with Crippen LogP contribution >= 0.6 is 11.6 Å². The minimum atomic E-state index is -0.0358. The topological polar surface area (TPSA) is 55.9 Å². The van der Waals surface area contributed by atoms with Gasteiger partial charge in [-0.2, -0.15) is 0 Å². The number of hydrogen-bond donors (Lipinski definition) is 1. The molecule has 2 heterocycles. The number of nitrogens with zero attached hydrogens (tertiary/aromatic N) is 3. The number of hydrogen-bond acceptors (Lipinski definition) is 4. The van der Waals surface area contributed by atoms with E-state index >= 15 is 0 Å². The van der Waals surface area contributed by atoms with E-state index in [0.29, 0.717) is 23.8 Å². The molecule has 0 radical (unpaired) electrons. The normalized spacial score (nSPS) is 19.5. The minimum Gasteiger partial charge on any atom is -0.342 e. The van der Waals surface area contributed by atoms with E-state index in [9.17, 15) is 9.59 Å². The third-order valence-corrected chi connectivity index (χ3v) is 5.49. The zero-order chi connectivity index (χ0) is 19.1. The smallest absolute Gasteiger partial charge is 0.238 e. The van der Waals surface area contributed by atoms with Crippen LogP contribution in [0.5, 0.6) is 0 Å². The van der Waals surface area contributed by atoms with E-state index in [2.05, 4.69) is 15.1 Å². The van der Waals surface area contributed by atoms with Gasteiger partial charge in [0.2, 0.25) is 11.8 Å². The Labute approximate surface area is 166 Å². The number of amides is 2. The molecule has 0 aromatic heterocycles. The molecular weight excluding hydrogens is 364 g/mol. The van der Waals surface area contributed by atoms with Crippen LogP contribution in [0.25, 0.3) is 0 Å². The van der Waals surface area contributed by atoms with E-state index in [1.165, 1.54) is 12.8 Å². The van der Waals surface area contributed by atoms with Gasteiger partial charge in [0.1, 0.15) is 0 Å². The highest BCUT2D eigenvalue weighted by Gasteiger charge is 2.23. The first-order valence-corrected chi connectivity index (χ1v) is 10.3. The predicted octanol–water partition coefficient (Wildman–Crippen LogP) is 2.30. The summed E-state index contributed by atoms with van der Waals surface area (Å²) in [5.41, 5.74) is 0.717. The van der Waals surface area contributed by atoms with Gasteiger partial charge in [0.15, 0.2) is 0 Å². The summed E-state index contributed by atoms with van der Waals surface area (Å²) < 4.78 is 0.